The summed E-state index contributed by atoms with van der Waals surface area (Å²) in [5.74, 6) is 1.88. The van der Waals surface area contributed by atoms with E-state index in [1.54, 1.807) is 0 Å². The number of nitrogen functional groups attached to an aromatic ring is 1. The molecule has 0 amide bonds. The molecular weight excluding hydrogens is 326 g/mol. The highest BCUT2D eigenvalue weighted by Gasteiger charge is 2.31. The van der Waals surface area contributed by atoms with Gasteiger partial charge in [0.25, 0.3) is 0 Å². The van der Waals surface area contributed by atoms with Crippen molar-refractivity contribution in [3.05, 3.63) is 65.2 Å². The Hall–Kier alpha value is -3.02. The highest BCUT2D eigenvalue weighted by molar-refractivity contribution is 5.43. The number of rotatable bonds is 4. The molecule has 2 aromatic carbocycles. The zero-order chi connectivity index (χ0) is 18.1. The smallest absolute Gasteiger partial charge is 0.241 e. The number of hydrogen-bond donors (Lipinski definition) is 2. The average Bonchev–Trinajstić information content (AvgIpc) is 3.02. The second-order valence-corrected chi connectivity index (χ2v) is 6.55. The number of aryl methyl sites for hydroxylation is 1. The van der Waals surface area contributed by atoms with Gasteiger partial charge in [-0.3, -0.25) is 0 Å². The molecule has 2 heterocycles. The van der Waals surface area contributed by atoms with Crippen molar-refractivity contribution in [2.24, 2.45) is 0 Å². The van der Waals surface area contributed by atoms with E-state index in [1.165, 1.54) is 16.7 Å². The number of anilines is 2. The van der Waals surface area contributed by atoms with Crippen molar-refractivity contribution in [1.82, 2.24) is 14.8 Å². The van der Waals surface area contributed by atoms with E-state index in [4.69, 9.17) is 10.5 Å². The number of hydrogen-bond acceptors (Lipinski definition) is 5. The van der Waals surface area contributed by atoms with E-state index in [1.807, 2.05) is 23.7 Å². The van der Waals surface area contributed by atoms with Crippen molar-refractivity contribution >= 4 is 11.9 Å². The fraction of sp³-hybridized carbons (Fsp3) is 0.300. The summed E-state index contributed by atoms with van der Waals surface area (Å²) in [6.07, 6.45) is 0.870. The monoisotopic (exact) mass is 349 g/mol. The molecule has 0 fully saturated rings. The second-order valence-electron chi connectivity index (χ2n) is 6.55. The third kappa shape index (κ3) is 2.98. The van der Waals surface area contributed by atoms with Crippen LogP contribution in [-0.2, 0) is 0 Å². The number of benzene rings is 2. The lowest BCUT2D eigenvalue weighted by Gasteiger charge is -2.32. The van der Waals surface area contributed by atoms with Crippen LogP contribution >= 0.6 is 0 Å². The standard InChI is InChI=1S/C20H23N5O/c1-3-26-15-10-8-14(9-11-15)17-12-18(16-7-5-4-6-13(16)2)25-20(22-17)23-19(21)24-25/h4-11,17-18H,3,12H2,1-2H3,(H3,21,22,23,24)/t17-,18+/m1/s1. The minimum atomic E-state index is 0.0915. The third-order valence-electron chi connectivity index (χ3n) is 4.85. The zero-order valence-corrected chi connectivity index (χ0v) is 15.0. The van der Waals surface area contributed by atoms with Crippen molar-refractivity contribution in [1.29, 1.82) is 0 Å². The van der Waals surface area contributed by atoms with Crippen LogP contribution < -0.4 is 15.8 Å². The largest absolute Gasteiger partial charge is 0.494 e. The molecule has 0 spiro atoms. The van der Waals surface area contributed by atoms with Crippen molar-refractivity contribution in [3.8, 4) is 5.75 Å². The van der Waals surface area contributed by atoms with Gasteiger partial charge in [-0.2, -0.15) is 4.98 Å². The molecule has 0 saturated heterocycles. The van der Waals surface area contributed by atoms with E-state index in [0.29, 0.717) is 18.5 Å². The first-order chi connectivity index (χ1) is 12.7. The lowest BCUT2D eigenvalue weighted by atomic mass is 9.91. The van der Waals surface area contributed by atoms with E-state index < -0.39 is 0 Å². The predicted molar refractivity (Wildman–Crippen MR) is 102 cm³/mol. The minimum Gasteiger partial charge on any atom is -0.494 e. The van der Waals surface area contributed by atoms with E-state index in [9.17, 15) is 0 Å². The fourth-order valence-electron chi connectivity index (χ4n) is 3.60. The van der Waals surface area contributed by atoms with Gasteiger partial charge in [0.05, 0.1) is 18.7 Å². The maximum atomic E-state index is 5.87. The minimum absolute atomic E-state index is 0.0915. The highest BCUT2D eigenvalue weighted by Crippen LogP contribution is 2.39. The van der Waals surface area contributed by atoms with Gasteiger partial charge >= 0.3 is 0 Å². The van der Waals surface area contributed by atoms with Gasteiger partial charge in [-0.05, 0) is 49.1 Å². The second kappa shape index (κ2) is 6.71. The highest BCUT2D eigenvalue weighted by atomic mass is 16.5. The molecule has 134 valence electrons. The number of nitrogens with one attached hydrogen (secondary N) is 1. The summed E-state index contributed by atoms with van der Waals surface area (Å²) >= 11 is 0. The zero-order valence-electron chi connectivity index (χ0n) is 15.0. The Morgan fingerprint density at radius 2 is 1.96 bits per heavy atom. The van der Waals surface area contributed by atoms with Crippen LogP contribution in [0.4, 0.5) is 11.9 Å². The molecule has 4 rings (SSSR count). The number of ether oxygens (including phenoxy) is 1. The SMILES string of the molecule is CCOc1ccc([C@H]2C[C@@H](c3ccccc3C)n3nc(N)nc3N2)cc1. The maximum Gasteiger partial charge on any atom is 0.241 e. The lowest BCUT2D eigenvalue weighted by molar-refractivity contribution is 0.340. The number of aromatic nitrogens is 3. The average molecular weight is 349 g/mol. The van der Waals surface area contributed by atoms with E-state index in [0.717, 1.165) is 12.2 Å². The Kier molecular flexibility index (Phi) is 4.24. The molecule has 0 unspecified atom stereocenters. The van der Waals surface area contributed by atoms with Crippen molar-refractivity contribution in [3.63, 3.8) is 0 Å². The first-order valence-corrected chi connectivity index (χ1v) is 8.92. The molecule has 26 heavy (non-hydrogen) atoms. The molecule has 0 bridgehead atoms. The summed E-state index contributed by atoms with van der Waals surface area (Å²) in [4.78, 5) is 4.37. The summed E-state index contributed by atoms with van der Waals surface area (Å²) in [5, 5.41) is 7.89. The van der Waals surface area contributed by atoms with Crippen LogP contribution in [0.2, 0.25) is 0 Å². The first kappa shape index (κ1) is 16.4. The molecule has 0 saturated carbocycles. The summed E-state index contributed by atoms with van der Waals surface area (Å²) < 4.78 is 7.46. The topological polar surface area (TPSA) is 78.0 Å². The van der Waals surface area contributed by atoms with Crippen LogP contribution in [0.15, 0.2) is 48.5 Å². The van der Waals surface area contributed by atoms with Gasteiger partial charge in [0.2, 0.25) is 11.9 Å². The van der Waals surface area contributed by atoms with Gasteiger partial charge in [0.15, 0.2) is 0 Å². The van der Waals surface area contributed by atoms with Gasteiger partial charge < -0.3 is 15.8 Å². The summed E-state index contributed by atoms with van der Waals surface area (Å²) in [6.45, 7) is 4.78. The first-order valence-electron chi connectivity index (χ1n) is 8.92. The Balaban J connectivity index is 1.70. The molecule has 6 nitrogen and oxygen atoms in total. The third-order valence-corrected chi connectivity index (χ3v) is 4.85. The molecule has 0 radical (unpaired) electrons. The lowest BCUT2D eigenvalue weighted by Crippen LogP contribution is -2.28. The van der Waals surface area contributed by atoms with Crippen molar-refractivity contribution in [2.45, 2.75) is 32.4 Å². The molecule has 1 aromatic heterocycles. The summed E-state index contributed by atoms with van der Waals surface area (Å²) in [5.41, 5.74) is 9.56. The van der Waals surface area contributed by atoms with Crippen LogP contribution in [0.3, 0.4) is 0 Å². The molecule has 6 heteroatoms. The Bertz CT molecular complexity index is 903. The Labute approximate surface area is 153 Å². The normalized spacial score (nSPS) is 18.8. The quantitative estimate of drug-likeness (QED) is 0.751. The van der Waals surface area contributed by atoms with Crippen LogP contribution in [0.1, 0.15) is 42.1 Å². The van der Waals surface area contributed by atoms with Crippen molar-refractivity contribution < 1.29 is 4.74 Å². The Morgan fingerprint density at radius 3 is 2.69 bits per heavy atom. The van der Waals surface area contributed by atoms with Gasteiger partial charge in [0.1, 0.15) is 5.75 Å². The molecule has 1 aliphatic heterocycles. The number of fused-ring (bicyclic) bond motifs is 1. The number of nitrogens with zero attached hydrogens (tertiary/aromatic N) is 3. The van der Waals surface area contributed by atoms with Crippen LogP contribution in [0, 0.1) is 6.92 Å². The van der Waals surface area contributed by atoms with Gasteiger partial charge in [-0.25, -0.2) is 4.68 Å². The molecule has 0 aliphatic carbocycles. The van der Waals surface area contributed by atoms with Gasteiger partial charge in [0, 0.05) is 0 Å². The summed E-state index contributed by atoms with van der Waals surface area (Å²) in [6, 6.07) is 16.9. The fourth-order valence-corrected chi connectivity index (χ4v) is 3.60. The van der Waals surface area contributed by atoms with Gasteiger partial charge in [-0.1, -0.05) is 36.4 Å². The molecular formula is C20H23N5O. The molecule has 1 aliphatic rings. The maximum absolute atomic E-state index is 5.87. The number of nitrogens with two attached hydrogens (primary N) is 1. The van der Waals surface area contributed by atoms with Gasteiger partial charge in [-0.15, -0.1) is 5.10 Å². The van der Waals surface area contributed by atoms with E-state index in [-0.39, 0.29) is 12.1 Å². The molecule has 2 atom stereocenters. The van der Waals surface area contributed by atoms with Crippen LogP contribution in [0.25, 0.3) is 0 Å². The van der Waals surface area contributed by atoms with E-state index in [2.05, 4.69) is 58.7 Å². The van der Waals surface area contributed by atoms with Crippen molar-refractivity contribution in [2.75, 3.05) is 17.7 Å². The van der Waals surface area contributed by atoms with Crippen LogP contribution in [-0.4, -0.2) is 21.4 Å². The predicted octanol–water partition coefficient (Wildman–Crippen LogP) is 3.71. The molecule has 3 aromatic rings. The van der Waals surface area contributed by atoms with Crippen LogP contribution in [0.5, 0.6) is 5.75 Å². The Morgan fingerprint density at radius 1 is 1.19 bits per heavy atom. The van der Waals surface area contributed by atoms with E-state index >= 15 is 0 Å². The molecule has 3 N–H and O–H groups in total. The summed E-state index contributed by atoms with van der Waals surface area (Å²) in [7, 11) is 0.